The lowest BCUT2D eigenvalue weighted by Gasteiger charge is -2.11. The molecule has 1 aromatic rings. The molecule has 18 heavy (non-hydrogen) atoms. The van der Waals surface area contributed by atoms with Gasteiger partial charge < -0.3 is 5.32 Å². The molecule has 1 rings (SSSR count). The lowest BCUT2D eigenvalue weighted by molar-refractivity contribution is -0.119. The van der Waals surface area contributed by atoms with E-state index in [4.69, 9.17) is 10.7 Å². The Balaban J connectivity index is 2.97. The molecule has 0 heterocycles. The number of anilines is 1. The van der Waals surface area contributed by atoms with Gasteiger partial charge in [-0.15, -0.1) is 0 Å². The molecule has 0 aliphatic heterocycles. The zero-order valence-corrected chi connectivity index (χ0v) is 13.1. The van der Waals surface area contributed by atoms with Crippen molar-refractivity contribution in [1.82, 2.24) is 0 Å². The molecule has 1 unspecified atom stereocenters. The number of halogens is 2. The summed E-state index contributed by atoms with van der Waals surface area (Å²) in [6.45, 7) is 3.74. The van der Waals surface area contributed by atoms with Crippen LogP contribution in [0.25, 0.3) is 0 Å². The van der Waals surface area contributed by atoms with Gasteiger partial charge in [0.2, 0.25) is 5.91 Å². The number of amides is 1. The van der Waals surface area contributed by atoms with Gasteiger partial charge in [-0.1, -0.05) is 13.8 Å². The molecule has 0 aliphatic rings. The zero-order valence-electron chi connectivity index (χ0n) is 9.91. The Bertz CT molecular complexity index is 559. The van der Waals surface area contributed by atoms with E-state index in [2.05, 4.69) is 21.2 Å². The topological polar surface area (TPSA) is 63.2 Å². The molecule has 1 N–H and O–H groups in total. The monoisotopic (exact) mass is 353 g/mol. The third-order valence-corrected chi connectivity index (χ3v) is 4.55. The summed E-state index contributed by atoms with van der Waals surface area (Å²) < 4.78 is 22.7. The normalized spacial score (nSPS) is 13.1. The minimum absolute atomic E-state index is 0.0161. The van der Waals surface area contributed by atoms with Crippen LogP contribution in [0.4, 0.5) is 5.69 Å². The van der Waals surface area contributed by atoms with Crippen LogP contribution in [0.1, 0.15) is 20.3 Å². The molecule has 1 atom stereocenters. The fourth-order valence-corrected chi connectivity index (χ4v) is 2.60. The largest absolute Gasteiger partial charge is 0.325 e. The smallest absolute Gasteiger partial charge is 0.261 e. The third-order valence-electron chi connectivity index (χ3n) is 2.54. The predicted molar refractivity (Wildman–Crippen MR) is 75.3 cm³/mol. The SMILES string of the molecule is CCC(C)C(=O)Nc1ccc(S(=O)(=O)Cl)cc1Br. The number of nitrogens with one attached hydrogen (secondary N) is 1. The van der Waals surface area contributed by atoms with Gasteiger partial charge in [0.05, 0.1) is 10.6 Å². The average molecular weight is 355 g/mol. The van der Waals surface area contributed by atoms with Crippen LogP contribution in [0.5, 0.6) is 0 Å². The fourth-order valence-electron chi connectivity index (χ4n) is 1.19. The molecule has 0 saturated heterocycles. The second-order valence-electron chi connectivity index (χ2n) is 3.88. The van der Waals surface area contributed by atoms with Gasteiger partial charge in [-0.2, -0.15) is 0 Å². The first-order valence-corrected chi connectivity index (χ1v) is 8.41. The molecule has 100 valence electrons. The first kappa shape index (κ1) is 15.5. The van der Waals surface area contributed by atoms with Crippen LogP contribution in [0.15, 0.2) is 27.6 Å². The molecule has 0 aliphatic carbocycles. The average Bonchev–Trinajstić information content (AvgIpc) is 2.29. The number of rotatable bonds is 4. The van der Waals surface area contributed by atoms with Crippen LogP contribution in [-0.2, 0) is 13.8 Å². The van der Waals surface area contributed by atoms with Gasteiger partial charge in [0.15, 0.2) is 0 Å². The molecule has 0 bridgehead atoms. The highest BCUT2D eigenvalue weighted by Gasteiger charge is 2.15. The van der Waals surface area contributed by atoms with Crippen LogP contribution in [-0.4, -0.2) is 14.3 Å². The molecule has 7 heteroatoms. The van der Waals surface area contributed by atoms with E-state index >= 15 is 0 Å². The highest BCUT2D eigenvalue weighted by atomic mass is 79.9. The summed E-state index contributed by atoms with van der Waals surface area (Å²) in [5.74, 6) is -0.215. The van der Waals surface area contributed by atoms with Crippen molar-refractivity contribution in [3.8, 4) is 0 Å². The van der Waals surface area contributed by atoms with E-state index in [1.54, 1.807) is 0 Å². The fraction of sp³-hybridized carbons (Fsp3) is 0.364. The molecule has 0 aromatic heterocycles. The second-order valence-corrected chi connectivity index (χ2v) is 7.30. The van der Waals surface area contributed by atoms with E-state index in [0.717, 1.165) is 6.42 Å². The molecular formula is C11H13BrClNO3S. The number of hydrogen-bond donors (Lipinski definition) is 1. The van der Waals surface area contributed by atoms with Crippen molar-refractivity contribution in [2.45, 2.75) is 25.2 Å². The van der Waals surface area contributed by atoms with Gasteiger partial charge in [-0.05, 0) is 40.5 Å². The third kappa shape index (κ3) is 3.96. The number of carbonyl (C=O) groups is 1. The minimum Gasteiger partial charge on any atom is -0.325 e. The van der Waals surface area contributed by atoms with Crippen molar-refractivity contribution < 1.29 is 13.2 Å². The van der Waals surface area contributed by atoms with Crippen molar-refractivity contribution in [3.05, 3.63) is 22.7 Å². The van der Waals surface area contributed by atoms with Crippen LogP contribution in [0.2, 0.25) is 0 Å². The van der Waals surface area contributed by atoms with E-state index in [-0.39, 0.29) is 16.7 Å². The Morgan fingerprint density at radius 2 is 2.11 bits per heavy atom. The Labute approximate surface area is 119 Å². The van der Waals surface area contributed by atoms with Gasteiger partial charge in [0.25, 0.3) is 9.05 Å². The highest BCUT2D eigenvalue weighted by Crippen LogP contribution is 2.27. The molecule has 1 aromatic carbocycles. The van der Waals surface area contributed by atoms with E-state index in [0.29, 0.717) is 10.2 Å². The maximum Gasteiger partial charge on any atom is 0.261 e. The quantitative estimate of drug-likeness (QED) is 0.843. The Hall–Kier alpha value is -0.590. The van der Waals surface area contributed by atoms with Crippen LogP contribution in [0, 0.1) is 5.92 Å². The zero-order chi connectivity index (χ0) is 13.9. The van der Waals surface area contributed by atoms with Gasteiger partial charge in [0, 0.05) is 21.1 Å². The lowest BCUT2D eigenvalue weighted by Crippen LogP contribution is -2.19. The maximum atomic E-state index is 11.7. The van der Waals surface area contributed by atoms with Crippen LogP contribution < -0.4 is 5.32 Å². The molecule has 1 amide bonds. The standard InChI is InChI=1S/C11H13BrClNO3S/c1-3-7(2)11(15)14-10-5-4-8(6-9(10)12)18(13,16)17/h4-7H,3H2,1-2H3,(H,14,15). The van der Waals surface area contributed by atoms with Crippen LogP contribution >= 0.6 is 26.6 Å². The molecule has 0 fully saturated rings. The first-order chi connectivity index (χ1) is 8.25. The summed E-state index contributed by atoms with van der Waals surface area (Å²) in [6, 6.07) is 4.20. The van der Waals surface area contributed by atoms with Crippen molar-refractivity contribution in [3.63, 3.8) is 0 Å². The molecule has 0 radical (unpaired) electrons. The first-order valence-electron chi connectivity index (χ1n) is 5.30. The summed E-state index contributed by atoms with van der Waals surface area (Å²) in [4.78, 5) is 11.7. The Morgan fingerprint density at radius 3 is 2.56 bits per heavy atom. The summed E-state index contributed by atoms with van der Waals surface area (Å²) in [6.07, 6.45) is 0.734. The van der Waals surface area contributed by atoms with E-state index in [1.165, 1.54) is 18.2 Å². The van der Waals surface area contributed by atoms with Crippen molar-refractivity contribution in [2.75, 3.05) is 5.32 Å². The Morgan fingerprint density at radius 1 is 1.50 bits per heavy atom. The molecule has 0 spiro atoms. The number of benzene rings is 1. The lowest BCUT2D eigenvalue weighted by atomic mass is 10.1. The number of hydrogen-bond acceptors (Lipinski definition) is 3. The molecule has 4 nitrogen and oxygen atoms in total. The number of carbonyl (C=O) groups excluding carboxylic acids is 1. The Kier molecular flexibility index (Phi) is 5.19. The summed E-state index contributed by atoms with van der Waals surface area (Å²) >= 11 is 3.20. The maximum absolute atomic E-state index is 11.7. The predicted octanol–water partition coefficient (Wildman–Crippen LogP) is 3.36. The molecule has 0 saturated carbocycles. The van der Waals surface area contributed by atoms with Crippen molar-refractivity contribution >= 4 is 47.3 Å². The van der Waals surface area contributed by atoms with E-state index < -0.39 is 9.05 Å². The van der Waals surface area contributed by atoms with E-state index in [1.807, 2.05) is 13.8 Å². The summed E-state index contributed by atoms with van der Waals surface area (Å²) in [5, 5.41) is 2.72. The minimum atomic E-state index is -3.76. The van der Waals surface area contributed by atoms with Gasteiger partial charge in [0.1, 0.15) is 0 Å². The highest BCUT2D eigenvalue weighted by molar-refractivity contribution is 9.10. The van der Waals surface area contributed by atoms with E-state index in [9.17, 15) is 13.2 Å². The second kappa shape index (κ2) is 6.04. The molecular weight excluding hydrogens is 342 g/mol. The van der Waals surface area contributed by atoms with Crippen molar-refractivity contribution in [2.24, 2.45) is 5.92 Å². The summed E-state index contributed by atoms with van der Waals surface area (Å²) in [5.41, 5.74) is 0.518. The van der Waals surface area contributed by atoms with Gasteiger partial charge in [-0.25, -0.2) is 8.42 Å². The van der Waals surface area contributed by atoms with Gasteiger partial charge in [-0.3, -0.25) is 4.79 Å². The van der Waals surface area contributed by atoms with Crippen LogP contribution in [0.3, 0.4) is 0 Å². The van der Waals surface area contributed by atoms with Crippen molar-refractivity contribution in [1.29, 1.82) is 0 Å². The summed E-state index contributed by atoms with van der Waals surface area (Å²) in [7, 11) is 1.46. The van der Waals surface area contributed by atoms with Gasteiger partial charge >= 0.3 is 0 Å².